The van der Waals surface area contributed by atoms with Crippen LogP contribution in [0.1, 0.15) is 24.9 Å². The molecule has 1 aliphatic rings. The number of halogens is 1. The molecule has 0 aliphatic carbocycles. The first-order chi connectivity index (χ1) is 11.4. The number of ether oxygens (including phenoxy) is 1. The molecule has 0 bridgehead atoms. The van der Waals surface area contributed by atoms with E-state index in [0.29, 0.717) is 11.6 Å². The number of morpholine rings is 1. The number of benzene rings is 1. The zero-order chi connectivity index (χ0) is 17.7. The predicted octanol–water partition coefficient (Wildman–Crippen LogP) is 1.22. The Morgan fingerprint density at radius 1 is 1.38 bits per heavy atom. The molecule has 1 saturated heterocycles. The van der Waals surface area contributed by atoms with Crippen molar-refractivity contribution >= 4 is 29.4 Å². The van der Waals surface area contributed by atoms with Gasteiger partial charge >= 0.3 is 5.97 Å². The molecular formula is C16H19ClN2O5. The second-order valence-electron chi connectivity index (χ2n) is 5.52. The van der Waals surface area contributed by atoms with E-state index >= 15 is 0 Å². The highest BCUT2D eigenvalue weighted by atomic mass is 35.5. The second kappa shape index (κ2) is 8.12. The number of rotatable bonds is 5. The summed E-state index contributed by atoms with van der Waals surface area (Å²) < 4.78 is 5.13. The SMILES string of the molecule is CC(=O)N[C@@H](CC(=O)N1CCOC[C@@H]1C(=O)O)c1ccc(Cl)cc1. The molecule has 24 heavy (non-hydrogen) atoms. The van der Waals surface area contributed by atoms with Gasteiger partial charge in [-0.2, -0.15) is 0 Å². The van der Waals surface area contributed by atoms with Crippen LogP contribution in [0.5, 0.6) is 0 Å². The van der Waals surface area contributed by atoms with Crippen LogP contribution in [0.2, 0.25) is 5.02 Å². The largest absolute Gasteiger partial charge is 0.480 e. The molecule has 1 heterocycles. The Bertz CT molecular complexity index is 619. The van der Waals surface area contributed by atoms with Gasteiger partial charge < -0.3 is 20.1 Å². The van der Waals surface area contributed by atoms with Crippen molar-refractivity contribution in [3.63, 3.8) is 0 Å². The minimum absolute atomic E-state index is 0.0349. The van der Waals surface area contributed by atoms with Gasteiger partial charge in [0.2, 0.25) is 11.8 Å². The number of aliphatic carboxylic acids is 1. The maximum atomic E-state index is 12.6. The van der Waals surface area contributed by atoms with Crippen molar-refractivity contribution in [1.29, 1.82) is 0 Å². The Labute approximate surface area is 144 Å². The number of carboxylic acids is 1. The average molecular weight is 355 g/mol. The number of carbonyl (C=O) groups excluding carboxylic acids is 2. The number of hydrogen-bond donors (Lipinski definition) is 2. The second-order valence-corrected chi connectivity index (χ2v) is 5.96. The minimum atomic E-state index is -1.11. The van der Waals surface area contributed by atoms with E-state index in [1.807, 2.05) is 0 Å². The predicted molar refractivity (Wildman–Crippen MR) is 86.6 cm³/mol. The van der Waals surface area contributed by atoms with E-state index in [2.05, 4.69) is 5.32 Å². The summed E-state index contributed by atoms with van der Waals surface area (Å²) in [7, 11) is 0. The molecule has 0 spiro atoms. The van der Waals surface area contributed by atoms with Crippen LogP contribution in [0, 0.1) is 0 Å². The quantitative estimate of drug-likeness (QED) is 0.828. The highest BCUT2D eigenvalue weighted by Gasteiger charge is 2.33. The Kier molecular flexibility index (Phi) is 6.16. The molecule has 7 nitrogen and oxygen atoms in total. The highest BCUT2D eigenvalue weighted by molar-refractivity contribution is 6.30. The maximum Gasteiger partial charge on any atom is 0.328 e. The van der Waals surface area contributed by atoms with Crippen LogP contribution >= 0.6 is 11.6 Å². The van der Waals surface area contributed by atoms with Crippen LogP contribution in [0.15, 0.2) is 24.3 Å². The topological polar surface area (TPSA) is 95.9 Å². The van der Waals surface area contributed by atoms with Gasteiger partial charge in [-0.15, -0.1) is 0 Å². The van der Waals surface area contributed by atoms with Crippen LogP contribution in [-0.4, -0.2) is 53.6 Å². The molecule has 1 aliphatic heterocycles. The van der Waals surface area contributed by atoms with Gasteiger partial charge in [0.15, 0.2) is 6.04 Å². The molecule has 0 saturated carbocycles. The van der Waals surface area contributed by atoms with Crippen molar-refractivity contribution in [2.75, 3.05) is 19.8 Å². The Morgan fingerprint density at radius 2 is 2.04 bits per heavy atom. The molecule has 2 rings (SSSR count). The Morgan fingerprint density at radius 3 is 2.62 bits per heavy atom. The van der Waals surface area contributed by atoms with Crippen molar-refractivity contribution in [2.45, 2.75) is 25.4 Å². The Hall–Kier alpha value is -2.12. The lowest BCUT2D eigenvalue weighted by Gasteiger charge is -2.34. The van der Waals surface area contributed by atoms with Crippen molar-refractivity contribution in [2.24, 2.45) is 0 Å². The van der Waals surface area contributed by atoms with Crippen LogP contribution in [-0.2, 0) is 19.1 Å². The number of carboxylic acid groups (broad SMARTS) is 1. The molecular weight excluding hydrogens is 336 g/mol. The van der Waals surface area contributed by atoms with E-state index < -0.39 is 18.1 Å². The van der Waals surface area contributed by atoms with E-state index in [1.165, 1.54) is 11.8 Å². The van der Waals surface area contributed by atoms with E-state index in [1.54, 1.807) is 24.3 Å². The van der Waals surface area contributed by atoms with Gasteiger partial charge in [-0.3, -0.25) is 9.59 Å². The molecule has 2 N–H and O–H groups in total. The van der Waals surface area contributed by atoms with Gasteiger partial charge in [0.1, 0.15) is 0 Å². The summed E-state index contributed by atoms with van der Waals surface area (Å²) in [5, 5.41) is 12.5. The lowest BCUT2D eigenvalue weighted by Crippen LogP contribution is -2.53. The number of amides is 2. The normalized spacial score (nSPS) is 18.8. The third-order valence-electron chi connectivity index (χ3n) is 3.76. The summed E-state index contributed by atoms with van der Waals surface area (Å²) in [6.45, 7) is 1.83. The van der Waals surface area contributed by atoms with Crippen molar-refractivity contribution < 1.29 is 24.2 Å². The van der Waals surface area contributed by atoms with Crippen LogP contribution < -0.4 is 5.32 Å². The van der Waals surface area contributed by atoms with Gasteiger partial charge in [-0.1, -0.05) is 23.7 Å². The maximum absolute atomic E-state index is 12.6. The van der Waals surface area contributed by atoms with Crippen LogP contribution in [0.4, 0.5) is 0 Å². The number of nitrogens with zero attached hydrogens (tertiary/aromatic N) is 1. The number of carbonyl (C=O) groups is 3. The van der Waals surface area contributed by atoms with Crippen LogP contribution in [0.3, 0.4) is 0 Å². The van der Waals surface area contributed by atoms with Gasteiger partial charge in [0.05, 0.1) is 25.7 Å². The third-order valence-corrected chi connectivity index (χ3v) is 4.01. The molecule has 2 amide bonds. The average Bonchev–Trinajstić information content (AvgIpc) is 2.54. The van der Waals surface area contributed by atoms with E-state index in [-0.39, 0.29) is 31.4 Å². The van der Waals surface area contributed by atoms with Gasteiger partial charge in [0, 0.05) is 18.5 Å². The van der Waals surface area contributed by atoms with Gasteiger partial charge in [-0.25, -0.2) is 4.79 Å². The van der Waals surface area contributed by atoms with Crippen molar-refractivity contribution in [3.05, 3.63) is 34.9 Å². The monoisotopic (exact) mass is 354 g/mol. The zero-order valence-electron chi connectivity index (χ0n) is 13.2. The third kappa shape index (κ3) is 4.69. The lowest BCUT2D eigenvalue weighted by molar-refractivity contribution is -0.158. The molecule has 8 heteroatoms. The standard InChI is InChI=1S/C16H19ClN2O5/c1-10(20)18-13(11-2-4-12(17)5-3-11)8-15(21)19-6-7-24-9-14(19)16(22)23/h2-5,13-14H,6-9H2,1H3,(H,18,20)(H,22,23)/t13-,14+/m0/s1. The lowest BCUT2D eigenvalue weighted by atomic mass is 10.0. The van der Waals surface area contributed by atoms with Gasteiger partial charge in [0.25, 0.3) is 0 Å². The van der Waals surface area contributed by atoms with Gasteiger partial charge in [-0.05, 0) is 17.7 Å². The molecule has 130 valence electrons. The molecule has 1 aromatic carbocycles. The summed E-state index contributed by atoms with van der Waals surface area (Å²) in [6.07, 6.45) is -0.0367. The Balaban J connectivity index is 2.15. The van der Waals surface area contributed by atoms with E-state index in [4.69, 9.17) is 16.3 Å². The number of nitrogens with one attached hydrogen (secondary N) is 1. The molecule has 2 atom stereocenters. The first kappa shape index (κ1) is 18.2. The van der Waals surface area contributed by atoms with Crippen molar-refractivity contribution in [1.82, 2.24) is 10.2 Å². The first-order valence-electron chi connectivity index (χ1n) is 7.51. The fourth-order valence-corrected chi connectivity index (χ4v) is 2.72. The molecule has 0 radical (unpaired) electrons. The zero-order valence-corrected chi connectivity index (χ0v) is 14.0. The molecule has 1 aromatic rings. The molecule has 0 aromatic heterocycles. The summed E-state index contributed by atoms with van der Waals surface area (Å²) in [5.74, 6) is -1.73. The van der Waals surface area contributed by atoms with Crippen molar-refractivity contribution in [3.8, 4) is 0 Å². The highest BCUT2D eigenvalue weighted by Crippen LogP contribution is 2.22. The smallest absolute Gasteiger partial charge is 0.328 e. The van der Waals surface area contributed by atoms with E-state index in [0.717, 1.165) is 5.56 Å². The first-order valence-corrected chi connectivity index (χ1v) is 7.89. The van der Waals surface area contributed by atoms with Crippen LogP contribution in [0.25, 0.3) is 0 Å². The minimum Gasteiger partial charge on any atom is -0.480 e. The van der Waals surface area contributed by atoms with E-state index in [9.17, 15) is 19.5 Å². The fourth-order valence-electron chi connectivity index (χ4n) is 2.59. The molecule has 1 fully saturated rings. The number of hydrogen-bond acceptors (Lipinski definition) is 4. The fraction of sp³-hybridized carbons (Fsp3) is 0.438. The summed E-state index contributed by atoms with van der Waals surface area (Å²) in [6, 6.07) is 5.24. The summed E-state index contributed by atoms with van der Waals surface area (Å²) >= 11 is 5.86. The summed E-state index contributed by atoms with van der Waals surface area (Å²) in [4.78, 5) is 36.6. The molecule has 0 unspecified atom stereocenters. The summed E-state index contributed by atoms with van der Waals surface area (Å²) in [5.41, 5.74) is 0.725.